The van der Waals surface area contributed by atoms with Crippen LogP contribution in [-0.2, 0) is 0 Å². The molecule has 2 aromatic rings. The van der Waals surface area contributed by atoms with E-state index in [0.29, 0.717) is 6.04 Å². The second-order valence-corrected chi connectivity index (χ2v) is 6.88. The van der Waals surface area contributed by atoms with E-state index in [9.17, 15) is 0 Å². The molecule has 4 nitrogen and oxygen atoms in total. The summed E-state index contributed by atoms with van der Waals surface area (Å²) in [5.74, 6) is 1.92. The van der Waals surface area contributed by atoms with Gasteiger partial charge in [-0.15, -0.1) is 11.3 Å². The highest BCUT2D eigenvalue weighted by Crippen LogP contribution is 2.34. The van der Waals surface area contributed by atoms with Crippen LogP contribution < -0.4 is 10.2 Å². The van der Waals surface area contributed by atoms with Crippen LogP contribution in [0.25, 0.3) is 10.2 Å². The number of anilines is 1. The van der Waals surface area contributed by atoms with Gasteiger partial charge in [-0.1, -0.05) is 0 Å². The number of nitrogens with one attached hydrogen (secondary N) is 1. The number of fused-ring (bicyclic) bond motifs is 2. The molecular formula is C14H18N4S. The molecule has 2 fully saturated rings. The van der Waals surface area contributed by atoms with Gasteiger partial charge in [0.15, 0.2) is 0 Å². The molecule has 100 valence electrons. The second-order valence-electron chi connectivity index (χ2n) is 5.64. The fourth-order valence-electron chi connectivity index (χ4n) is 3.44. The van der Waals surface area contributed by atoms with Gasteiger partial charge >= 0.3 is 0 Å². The smallest absolute Gasteiger partial charge is 0.140 e. The summed E-state index contributed by atoms with van der Waals surface area (Å²) >= 11 is 1.76. The average molecular weight is 274 g/mol. The van der Waals surface area contributed by atoms with Crippen molar-refractivity contribution in [3.8, 4) is 0 Å². The minimum atomic E-state index is 0.651. The second kappa shape index (κ2) is 4.42. The number of aromatic nitrogens is 2. The Morgan fingerprint density at radius 2 is 2.32 bits per heavy atom. The van der Waals surface area contributed by atoms with Gasteiger partial charge in [0.2, 0.25) is 0 Å². The summed E-state index contributed by atoms with van der Waals surface area (Å²) in [7, 11) is 0. The number of rotatable bonds is 1. The van der Waals surface area contributed by atoms with E-state index >= 15 is 0 Å². The molecule has 19 heavy (non-hydrogen) atoms. The summed E-state index contributed by atoms with van der Waals surface area (Å²) in [5.41, 5.74) is 0. The highest BCUT2D eigenvalue weighted by atomic mass is 32.1. The highest BCUT2D eigenvalue weighted by molar-refractivity contribution is 7.18. The Morgan fingerprint density at radius 3 is 3.21 bits per heavy atom. The summed E-state index contributed by atoms with van der Waals surface area (Å²) in [4.78, 5) is 13.8. The minimum Gasteiger partial charge on any atom is -0.354 e. The first kappa shape index (κ1) is 11.6. The molecule has 2 aromatic heterocycles. The summed E-state index contributed by atoms with van der Waals surface area (Å²) in [5, 5.41) is 4.88. The van der Waals surface area contributed by atoms with Crippen molar-refractivity contribution in [3.05, 3.63) is 17.3 Å². The number of thiophene rings is 1. The monoisotopic (exact) mass is 274 g/mol. The van der Waals surface area contributed by atoms with Crippen molar-refractivity contribution in [3.63, 3.8) is 0 Å². The van der Waals surface area contributed by atoms with Gasteiger partial charge in [0.25, 0.3) is 0 Å². The molecule has 0 aliphatic carbocycles. The van der Waals surface area contributed by atoms with Gasteiger partial charge in [0.1, 0.15) is 17.0 Å². The van der Waals surface area contributed by atoms with Crippen LogP contribution in [0, 0.1) is 12.8 Å². The maximum atomic E-state index is 4.55. The number of nitrogens with zero attached hydrogens (tertiary/aromatic N) is 3. The standard InChI is InChI=1S/C14H18N4S/c1-9-5-11-13(16-8-17-14(11)19-9)18-6-10-3-2-4-15-12(10)7-18/h5,8,10,12,15H,2-4,6-7H2,1H3/t10-,12+/m0/s1. The molecule has 0 aromatic carbocycles. The molecule has 0 radical (unpaired) electrons. The van der Waals surface area contributed by atoms with E-state index < -0.39 is 0 Å². The van der Waals surface area contributed by atoms with Crippen molar-refractivity contribution >= 4 is 27.4 Å². The van der Waals surface area contributed by atoms with Crippen LogP contribution in [0.4, 0.5) is 5.82 Å². The molecule has 2 aliphatic heterocycles. The van der Waals surface area contributed by atoms with E-state index in [1.807, 2.05) is 0 Å². The molecule has 2 aliphatic rings. The average Bonchev–Trinajstić information content (AvgIpc) is 2.99. The fraction of sp³-hybridized carbons (Fsp3) is 0.571. The molecular weight excluding hydrogens is 256 g/mol. The zero-order valence-corrected chi connectivity index (χ0v) is 11.9. The summed E-state index contributed by atoms with van der Waals surface area (Å²) in [6, 6.07) is 2.88. The van der Waals surface area contributed by atoms with E-state index in [1.165, 1.54) is 29.6 Å². The van der Waals surface area contributed by atoms with Gasteiger partial charge in [0.05, 0.1) is 5.39 Å². The van der Waals surface area contributed by atoms with Crippen LogP contribution in [-0.4, -0.2) is 35.6 Å². The first-order valence-corrected chi connectivity index (χ1v) is 7.82. The lowest BCUT2D eigenvalue weighted by Gasteiger charge is -2.24. The summed E-state index contributed by atoms with van der Waals surface area (Å²) in [6.07, 6.45) is 4.37. The van der Waals surface area contributed by atoms with Gasteiger partial charge in [-0.25, -0.2) is 9.97 Å². The highest BCUT2D eigenvalue weighted by Gasteiger charge is 2.35. The van der Waals surface area contributed by atoms with E-state index in [1.54, 1.807) is 17.7 Å². The Labute approximate surface area is 116 Å². The van der Waals surface area contributed by atoms with Crippen molar-refractivity contribution in [2.45, 2.75) is 25.8 Å². The van der Waals surface area contributed by atoms with E-state index in [0.717, 1.165) is 29.7 Å². The van der Waals surface area contributed by atoms with Crippen LogP contribution in [0.3, 0.4) is 0 Å². The van der Waals surface area contributed by atoms with Gasteiger partial charge in [-0.05, 0) is 38.3 Å². The Hall–Kier alpha value is -1.20. The van der Waals surface area contributed by atoms with Gasteiger partial charge in [-0.3, -0.25) is 0 Å². The van der Waals surface area contributed by atoms with Crippen molar-refractivity contribution in [1.29, 1.82) is 0 Å². The minimum absolute atomic E-state index is 0.651. The molecule has 0 unspecified atom stereocenters. The normalized spacial score (nSPS) is 26.9. The maximum Gasteiger partial charge on any atom is 0.140 e. The predicted octanol–water partition coefficient (Wildman–Crippen LogP) is 2.19. The van der Waals surface area contributed by atoms with Crippen LogP contribution in [0.1, 0.15) is 17.7 Å². The van der Waals surface area contributed by atoms with Crippen molar-refractivity contribution in [2.24, 2.45) is 5.92 Å². The van der Waals surface area contributed by atoms with Crippen molar-refractivity contribution in [1.82, 2.24) is 15.3 Å². The summed E-state index contributed by atoms with van der Waals surface area (Å²) in [6.45, 7) is 5.54. The van der Waals surface area contributed by atoms with Gasteiger partial charge in [0, 0.05) is 24.0 Å². The molecule has 4 rings (SSSR count). The number of hydrogen-bond donors (Lipinski definition) is 1. The third kappa shape index (κ3) is 1.92. The Balaban J connectivity index is 1.71. The molecule has 4 heterocycles. The number of aryl methyl sites for hydroxylation is 1. The zero-order chi connectivity index (χ0) is 12.8. The fourth-order valence-corrected chi connectivity index (χ4v) is 4.28. The lowest BCUT2D eigenvalue weighted by Crippen LogP contribution is -2.40. The number of piperidine rings is 1. The molecule has 0 saturated carbocycles. The molecule has 1 N–H and O–H groups in total. The largest absolute Gasteiger partial charge is 0.354 e. The molecule has 5 heteroatoms. The third-order valence-electron chi connectivity index (χ3n) is 4.33. The molecule has 0 amide bonds. The van der Waals surface area contributed by atoms with E-state index in [2.05, 4.69) is 33.2 Å². The molecule has 0 spiro atoms. The molecule has 2 saturated heterocycles. The van der Waals surface area contributed by atoms with Crippen molar-refractivity contribution in [2.75, 3.05) is 24.5 Å². The predicted molar refractivity (Wildman–Crippen MR) is 78.9 cm³/mol. The van der Waals surface area contributed by atoms with Crippen LogP contribution >= 0.6 is 11.3 Å². The Morgan fingerprint density at radius 1 is 1.37 bits per heavy atom. The SMILES string of the molecule is Cc1cc2c(N3C[C@@H]4CCCN[C@@H]4C3)ncnc2s1. The third-order valence-corrected chi connectivity index (χ3v) is 5.29. The Kier molecular flexibility index (Phi) is 2.70. The number of hydrogen-bond acceptors (Lipinski definition) is 5. The first-order chi connectivity index (χ1) is 9.31. The van der Waals surface area contributed by atoms with Crippen LogP contribution in [0.2, 0.25) is 0 Å². The zero-order valence-electron chi connectivity index (χ0n) is 11.1. The van der Waals surface area contributed by atoms with Gasteiger partial charge < -0.3 is 10.2 Å². The quantitative estimate of drug-likeness (QED) is 0.865. The lowest BCUT2D eigenvalue weighted by atomic mass is 9.94. The van der Waals surface area contributed by atoms with Crippen molar-refractivity contribution < 1.29 is 0 Å². The first-order valence-electron chi connectivity index (χ1n) is 7.01. The summed E-state index contributed by atoms with van der Waals surface area (Å²) < 4.78 is 0. The lowest BCUT2D eigenvalue weighted by molar-refractivity contribution is 0.340. The van der Waals surface area contributed by atoms with Crippen LogP contribution in [0.5, 0.6) is 0 Å². The topological polar surface area (TPSA) is 41.0 Å². The molecule has 2 atom stereocenters. The maximum absolute atomic E-state index is 4.55. The van der Waals surface area contributed by atoms with E-state index in [4.69, 9.17) is 0 Å². The van der Waals surface area contributed by atoms with Gasteiger partial charge in [-0.2, -0.15) is 0 Å². The van der Waals surface area contributed by atoms with Crippen LogP contribution in [0.15, 0.2) is 12.4 Å². The van der Waals surface area contributed by atoms with E-state index in [-0.39, 0.29) is 0 Å². The molecule has 0 bridgehead atoms. The Bertz CT molecular complexity index is 595.